The second-order valence-corrected chi connectivity index (χ2v) is 15.7. The van der Waals surface area contributed by atoms with Crippen LogP contribution in [0.3, 0.4) is 0 Å². The number of carbonyl (C=O) groups is 3. The lowest BCUT2D eigenvalue weighted by Gasteiger charge is -2.16. The fraction of sp³-hybridized carbons (Fsp3) is 0.925. The lowest BCUT2D eigenvalue weighted by Crippen LogP contribution is -2.46. The third-order valence-electron chi connectivity index (χ3n) is 9.42. The SMILES string of the molecule is CCCCCCCCCCCCCCCC(=O)C(N)C(O)C(=O)CCCCCCCCCCCCCCC.NC(=O)CCCCCOP(=O)(O)O. The first-order valence-corrected chi connectivity index (χ1v) is 22.5. The van der Waals surface area contributed by atoms with Crippen LogP contribution in [0.15, 0.2) is 0 Å². The molecule has 7 N–H and O–H groups in total. The number of phosphoric ester groups is 1. The zero-order chi connectivity index (χ0) is 38.4. The van der Waals surface area contributed by atoms with Gasteiger partial charge in [0.15, 0.2) is 11.6 Å². The van der Waals surface area contributed by atoms with Gasteiger partial charge in [-0.15, -0.1) is 0 Å². The van der Waals surface area contributed by atoms with Crippen molar-refractivity contribution in [2.24, 2.45) is 11.5 Å². The standard InChI is InChI=1S/C34H67NO3.C6H14NO5P/c1-3-5-7-9-11-13-15-17-19-21-23-25-27-29-31(36)33(35)34(38)32(37)30-28-26-24-22-20-18-16-14-12-10-8-6-4-2;7-6(8)4-2-1-3-5-12-13(9,10)11/h33-34,38H,3-30,35H2,1-2H3;1-5H2,(H2,7,8)(H2,9,10,11). The summed E-state index contributed by atoms with van der Waals surface area (Å²) in [5.41, 5.74) is 10.8. The molecule has 0 aromatic carbocycles. The minimum atomic E-state index is -4.33. The highest BCUT2D eigenvalue weighted by Gasteiger charge is 2.27. The van der Waals surface area contributed by atoms with Crippen LogP contribution in [-0.4, -0.2) is 51.1 Å². The molecule has 0 aromatic heterocycles. The van der Waals surface area contributed by atoms with Crippen molar-refractivity contribution < 1.29 is 38.4 Å². The zero-order valence-electron chi connectivity index (χ0n) is 33.0. The van der Waals surface area contributed by atoms with Gasteiger partial charge in [-0.3, -0.25) is 18.9 Å². The van der Waals surface area contributed by atoms with E-state index in [1.54, 1.807) is 0 Å². The smallest absolute Gasteiger partial charge is 0.383 e. The molecular formula is C40H81N2O8P. The van der Waals surface area contributed by atoms with Crippen molar-refractivity contribution in [1.82, 2.24) is 0 Å². The van der Waals surface area contributed by atoms with Gasteiger partial charge >= 0.3 is 7.82 Å². The number of hydrogen-bond acceptors (Lipinski definition) is 7. The highest BCUT2D eigenvalue weighted by Crippen LogP contribution is 2.35. The first kappa shape index (κ1) is 51.9. The van der Waals surface area contributed by atoms with Crippen molar-refractivity contribution in [3.8, 4) is 0 Å². The highest BCUT2D eigenvalue weighted by atomic mass is 31.2. The fourth-order valence-corrected chi connectivity index (χ4v) is 6.45. The molecule has 1 amide bonds. The third-order valence-corrected chi connectivity index (χ3v) is 9.94. The van der Waals surface area contributed by atoms with E-state index in [-0.39, 0.29) is 24.1 Å². The van der Waals surface area contributed by atoms with E-state index in [0.29, 0.717) is 38.5 Å². The van der Waals surface area contributed by atoms with Crippen LogP contribution >= 0.6 is 7.82 Å². The van der Waals surface area contributed by atoms with Crippen molar-refractivity contribution in [1.29, 1.82) is 0 Å². The van der Waals surface area contributed by atoms with Gasteiger partial charge in [0.25, 0.3) is 0 Å². The monoisotopic (exact) mass is 749 g/mol. The average Bonchev–Trinajstić information content (AvgIpc) is 3.09. The predicted octanol–water partition coefficient (Wildman–Crippen LogP) is 9.92. The van der Waals surface area contributed by atoms with E-state index < -0.39 is 20.0 Å². The number of primary amides is 1. The van der Waals surface area contributed by atoms with Gasteiger partial charge in [-0.05, 0) is 25.7 Å². The summed E-state index contributed by atoms with van der Waals surface area (Å²) in [6.07, 6.45) is 34.2. The molecule has 0 bridgehead atoms. The van der Waals surface area contributed by atoms with Crippen LogP contribution in [0.4, 0.5) is 0 Å². The molecule has 10 nitrogen and oxygen atoms in total. The summed E-state index contributed by atoms with van der Waals surface area (Å²) < 4.78 is 14.4. The molecule has 0 saturated carbocycles. The van der Waals surface area contributed by atoms with Crippen molar-refractivity contribution in [2.45, 2.75) is 231 Å². The predicted molar refractivity (Wildman–Crippen MR) is 210 cm³/mol. The van der Waals surface area contributed by atoms with Crippen LogP contribution in [0.1, 0.15) is 219 Å². The van der Waals surface area contributed by atoms with Crippen LogP contribution in [0.5, 0.6) is 0 Å². The number of unbranched alkanes of at least 4 members (excludes halogenated alkanes) is 26. The quantitative estimate of drug-likeness (QED) is 0.0302. The van der Waals surface area contributed by atoms with Crippen molar-refractivity contribution >= 4 is 25.3 Å². The Morgan fingerprint density at radius 1 is 0.510 bits per heavy atom. The molecule has 2 unspecified atom stereocenters. The number of aliphatic hydroxyl groups is 1. The van der Waals surface area contributed by atoms with Crippen molar-refractivity contribution in [2.75, 3.05) is 6.61 Å². The number of nitrogens with two attached hydrogens (primary N) is 2. The number of ketones is 2. The van der Waals surface area contributed by atoms with Gasteiger partial charge in [-0.25, -0.2) is 4.57 Å². The molecule has 0 aliphatic heterocycles. The Balaban J connectivity index is 0. The number of phosphoric acid groups is 1. The first-order valence-electron chi connectivity index (χ1n) is 20.9. The maximum Gasteiger partial charge on any atom is 0.469 e. The first-order chi connectivity index (χ1) is 24.5. The molecule has 2 atom stereocenters. The van der Waals surface area contributed by atoms with Gasteiger partial charge in [0.2, 0.25) is 5.91 Å². The summed E-state index contributed by atoms with van der Waals surface area (Å²) in [6.45, 7) is 4.52. The summed E-state index contributed by atoms with van der Waals surface area (Å²) in [6, 6.07) is -1.05. The lowest BCUT2D eigenvalue weighted by atomic mass is 9.96. The molecule has 0 radical (unpaired) electrons. The Morgan fingerprint density at radius 2 is 0.804 bits per heavy atom. The van der Waals surface area contributed by atoms with Crippen LogP contribution in [-0.2, 0) is 23.5 Å². The van der Waals surface area contributed by atoms with E-state index in [4.69, 9.17) is 21.3 Å². The topological polar surface area (TPSA) is 190 Å². The molecule has 0 spiro atoms. The number of Topliss-reactive ketones (excluding diaryl/α,β-unsaturated/α-hetero) is 2. The Kier molecular flexibility index (Phi) is 39.3. The van der Waals surface area contributed by atoms with Gasteiger partial charge in [-0.1, -0.05) is 174 Å². The number of hydrogen-bond donors (Lipinski definition) is 5. The second kappa shape index (κ2) is 38.6. The molecule has 51 heavy (non-hydrogen) atoms. The number of aliphatic hydroxyl groups excluding tert-OH is 1. The number of amides is 1. The van der Waals surface area contributed by atoms with Crippen LogP contribution < -0.4 is 11.5 Å². The molecule has 0 aliphatic rings. The van der Waals surface area contributed by atoms with E-state index >= 15 is 0 Å². The fourth-order valence-electron chi connectivity index (χ4n) is 6.09. The van der Waals surface area contributed by atoms with Crippen molar-refractivity contribution in [3.05, 3.63) is 0 Å². The molecule has 0 heterocycles. The van der Waals surface area contributed by atoms with Gasteiger partial charge in [0.05, 0.1) is 12.6 Å². The minimum Gasteiger partial charge on any atom is -0.383 e. The number of rotatable bonds is 38. The van der Waals surface area contributed by atoms with Gasteiger partial charge < -0.3 is 26.4 Å². The van der Waals surface area contributed by atoms with E-state index in [1.807, 2.05) is 0 Å². The van der Waals surface area contributed by atoms with Gasteiger partial charge in [0, 0.05) is 19.3 Å². The lowest BCUT2D eigenvalue weighted by molar-refractivity contribution is -0.134. The third kappa shape index (κ3) is 41.5. The van der Waals surface area contributed by atoms with Crippen molar-refractivity contribution in [3.63, 3.8) is 0 Å². The van der Waals surface area contributed by atoms with Gasteiger partial charge in [-0.2, -0.15) is 0 Å². The van der Waals surface area contributed by atoms with Gasteiger partial charge in [0.1, 0.15) is 6.10 Å². The van der Waals surface area contributed by atoms with E-state index in [0.717, 1.165) is 38.5 Å². The minimum absolute atomic E-state index is 0.00302. The van der Waals surface area contributed by atoms with Crippen LogP contribution in [0, 0.1) is 0 Å². The summed E-state index contributed by atoms with van der Waals surface area (Å²) in [5, 5.41) is 10.3. The molecule has 0 rings (SSSR count). The Bertz CT molecular complexity index is 808. The highest BCUT2D eigenvalue weighted by molar-refractivity contribution is 7.46. The van der Waals surface area contributed by atoms with E-state index in [2.05, 4.69) is 18.4 Å². The molecule has 0 saturated heterocycles. The average molecular weight is 749 g/mol. The maximum absolute atomic E-state index is 12.3. The molecule has 0 aromatic rings. The van der Waals surface area contributed by atoms with Crippen LogP contribution in [0.25, 0.3) is 0 Å². The molecule has 304 valence electrons. The molecular weight excluding hydrogens is 667 g/mol. The largest absolute Gasteiger partial charge is 0.469 e. The van der Waals surface area contributed by atoms with E-state index in [9.17, 15) is 24.1 Å². The summed E-state index contributed by atoms with van der Waals surface area (Å²) in [4.78, 5) is 51.5. The van der Waals surface area contributed by atoms with Crippen LogP contribution in [0.2, 0.25) is 0 Å². The number of carbonyl (C=O) groups excluding carboxylic acids is 3. The summed E-state index contributed by atoms with van der Waals surface area (Å²) >= 11 is 0. The Hall–Kier alpha value is -1.16. The second-order valence-electron chi connectivity index (χ2n) is 14.5. The Morgan fingerprint density at radius 3 is 1.14 bits per heavy atom. The molecule has 11 heteroatoms. The van der Waals surface area contributed by atoms with E-state index in [1.165, 1.54) is 128 Å². The molecule has 0 fully saturated rings. The summed E-state index contributed by atoms with van der Waals surface area (Å²) in [5.74, 6) is -0.797. The zero-order valence-corrected chi connectivity index (χ0v) is 33.9. The molecule has 0 aliphatic carbocycles. The summed E-state index contributed by atoms with van der Waals surface area (Å²) in [7, 11) is -4.33. The normalized spacial score (nSPS) is 12.7. The Labute approximate surface area is 312 Å². The maximum atomic E-state index is 12.3.